The van der Waals surface area contributed by atoms with E-state index in [4.69, 9.17) is 0 Å². The fraction of sp³-hybridized carbons (Fsp3) is 0. The minimum absolute atomic E-state index is 1.22. The lowest BCUT2D eigenvalue weighted by Gasteiger charge is -2.23. The fourth-order valence-corrected chi connectivity index (χ4v) is 7.89. The SMILES string of the molecule is c1ccc2c(c1)-c1ccccc1-c1ccc(-c3ccc(-c4ccc5sc6ccccc6c5c4)cc3)cc1-c1ccccc1-2. The van der Waals surface area contributed by atoms with Crippen molar-refractivity contribution in [2.45, 2.75) is 0 Å². The third-order valence-electron chi connectivity index (χ3n) is 8.89. The quantitative estimate of drug-likeness (QED) is 0.197. The summed E-state index contributed by atoms with van der Waals surface area (Å²) < 4.78 is 2.68. The van der Waals surface area contributed by atoms with Gasteiger partial charge in [-0.25, -0.2) is 0 Å². The zero-order valence-electron chi connectivity index (χ0n) is 23.4. The number of hydrogen-bond acceptors (Lipinski definition) is 1. The van der Waals surface area contributed by atoms with E-state index in [0.717, 1.165) is 0 Å². The molecule has 7 aromatic carbocycles. The molecule has 0 bridgehead atoms. The van der Waals surface area contributed by atoms with Gasteiger partial charge < -0.3 is 0 Å². The average molecular weight is 563 g/mol. The van der Waals surface area contributed by atoms with Gasteiger partial charge in [0.15, 0.2) is 0 Å². The summed E-state index contributed by atoms with van der Waals surface area (Å²) in [6.07, 6.45) is 0. The van der Waals surface area contributed by atoms with Gasteiger partial charge in [0.05, 0.1) is 0 Å². The van der Waals surface area contributed by atoms with Crippen LogP contribution in [0.2, 0.25) is 0 Å². The summed E-state index contributed by atoms with van der Waals surface area (Å²) in [5.74, 6) is 0. The highest BCUT2D eigenvalue weighted by Gasteiger charge is 2.21. The Morgan fingerprint density at radius 1 is 0.256 bits per heavy atom. The molecule has 0 nitrogen and oxygen atoms in total. The van der Waals surface area contributed by atoms with Crippen LogP contribution in [0.1, 0.15) is 0 Å². The molecule has 1 aliphatic carbocycles. The van der Waals surface area contributed by atoms with Gasteiger partial charge in [-0.2, -0.15) is 0 Å². The van der Waals surface area contributed by atoms with Crippen molar-refractivity contribution in [3.8, 4) is 66.8 Å². The molecule has 200 valence electrons. The lowest BCUT2D eigenvalue weighted by Crippen LogP contribution is -1.97. The van der Waals surface area contributed by atoms with E-state index in [1.165, 1.54) is 86.9 Å². The molecule has 9 rings (SSSR count). The number of fused-ring (bicyclic) bond motifs is 11. The molecule has 0 N–H and O–H groups in total. The summed E-state index contributed by atoms with van der Waals surface area (Å²) in [4.78, 5) is 0. The first-order valence-corrected chi connectivity index (χ1v) is 15.6. The molecule has 8 aromatic rings. The fourth-order valence-electron chi connectivity index (χ4n) is 6.80. The first-order chi connectivity index (χ1) is 21.3. The number of hydrogen-bond donors (Lipinski definition) is 0. The van der Waals surface area contributed by atoms with Crippen LogP contribution in [0, 0.1) is 0 Å². The van der Waals surface area contributed by atoms with Gasteiger partial charge in [0.25, 0.3) is 0 Å². The predicted molar refractivity (Wildman–Crippen MR) is 186 cm³/mol. The summed E-state index contributed by atoms with van der Waals surface area (Å²) in [5.41, 5.74) is 15.2. The van der Waals surface area contributed by atoms with Gasteiger partial charge in [0.2, 0.25) is 0 Å². The Balaban J connectivity index is 1.17. The highest BCUT2D eigenvalue weighted by molar-refractivity contribution is 7.25. The van der Waals surface area contributed by atoms with E-state index in [1.54, 1.807) is 0 Å². The molecule has 1 heterocycles. The van der Waals surface area contributed by atoms with Crippen molar-refractivity contribution in [2.75, 3.05) is 0 Å². The Morgan fingerprint density at radius 2 is 0.651 bits per heavy atom. The van der Waals surface area contributed by atoms with Gasteiger partial charge >= 0.3 is 0 Å². The standard InChI is InChI=1S/C42H26S/c1-2-10-32-31(9-1)33-11-3-4-13-35(33)37-23-21-29(25-39(37)36-14-6-5-12-34(32)36)27-17-19-28(20-18-27)30-22-24-42-40(26-30)38-15-7-8-16-41(38)43-42/h1-26H. The van der Waals surface area contributed by atoms with Crippen LogP contribution in [0.4, 0.5) is 0 Å². The van der Waals surface area contributed by atoms with Gasteiger partial charge in [-0.05, 0) is 91.0 Å². The molecule has 0 saturated carbocycles. The first kappa shape index (κ1) is 24.4. The molecule has 1 aromatic heterocycles. The van der Waals surface area contributed by atoms with Crippen molar-refractivity contribution in [1.29, 1.82) is 0 Å². The summed E-state index contributed by atoms with van der Waals surface area (Å²) in [7, 11) is 0. The third kappa shape index (κ3) is 3.90. The van der Waals surface area contributed by atoms with Gasteiger partial charge in [-0.15, -0.1) is 11.3 Å². The zero-order valence-corrected chi connectivity index (χ0v) is 24.2. The molecular formula is C42H26S. The monoisotopic (exact) mass is 562 g/mol. The molecule has 0 aliphatic heterocycles. The molecule has 0 saturated heterocycles. The topological polar surface area (TPSA) is 0 Å². The molecule has 0 unspecified atom stereocenters. The summed E-state index contributed by atoms with van der Waals surface area (Å²) in [6.45, 7) is 0. The predicted octanol–water partition coefficient (Wildman–Crippen LogP) is 12.4. The van der Waals surface area contributed by atoms with Crippen LogP contribution in [-0.2, 0) is 0 Å². The van der Waals surface area contributed by atoms with Crippen LogP contribution in [0.5, 0.6) is 0 Å². The maximum Gasteiger partial charge on any atom is 0.0355 e. The minimum Gasteiger partial charge on any atom is -0.135 e. The lowest BCUT2D eigenvalue weighted by molar-refractivity contribution is 1.51. The van der Waals surface area contributed by atoms with Crippen molar-refractivity contribution in [2.24, 2.45) is 0 Å². The van der Waals surface area contributed by atoms with Gasteiger partial charge in [0.1, 0.15) is 0 Å². The number of rotatable bonds is 2. The van der Waals surface area contributed by atoms with Crippen molar-refractivity contribution in [1.82, 2.24) is 0 Å². The molecule has 0 fully saturated rings. The van der Waals surface area contributed by atoms with Gasteiger partial charge in [0, 0.05) is 20.2 Å². The van der Waals surface area contributed by atoms with E-state index in [-0.39, 0.29) is 0 Å². The molecule has 0 radical (unpaired) electrons. The second-order valence-electron chi connectivity index (χ2n) is 11.3. The van der Waals surface area contributed by atoms with E-state index in [2.05, 4.69) is 158 Å². The van der Waals surface area contributed by atoms with Gasteiger partial charge in [-0.3, -0.25) is 0 Å². The van der Waals surface area contributed by atoms with Gasteiger partial charge in [-0.1, -0.05) is 133 Å². The molecule has 0 spiro atoms. The van der Waals surface area contributed by atoms with E-state index in [9.17, 15) is 0 Å². The van der Waals surface area contributed by atoms with Crippen LogP contribution in [0.15, 0.2) is 158 Å². The average Bonchev–Trinajstić information content (AvgIpc) is 3.46. The maximum atomic E-state index is 2.39. The summed E-state index contributed by atoms with van der Waals surface area (Å²) in [5, 5.41) is 2.68. The molecule has 1 heteroatoms. The summed E-state index contributed by atoms with van der Waals surface area (Å²) >= 11 is 1.87. The molecule has 0 atom stereocenters. The lowest BCUT2D eigenvalue weighted by atomic mass is 9.80. The smallest absolute Gasteiger partial charge is 0.0355 e. The Labute approximate surface area is 255 Å². The Hall–Kier alpha value is -5.24. The van der Waals surface area contributed by atoms with Crippen LogP contribution < -0.4 is 0 Å². The molecule has 43 heavy (non-hydrogen) atoms. The molecule has 1 aliphatic rings. The highest BCUT2D eigenvalue weighted by Crippen LogP contribution is 2.48. The van der Waals surface area contributed by atoms with Crippen LogP contribution in [0.3, 0.4) is 0 Å². The van der Waals surface area contributed by atoms with E-state index >= 15 is 0 Å². The van der Waals surface area contributed by atoms with E-state index in [1.807, 2.05) is 11.3 Å². The van der Waals surface area contributed by atoms with Crippen molar-refractivity contribution >= 4 is 31.5 Å². The Bertz CT molecular complexity index is 2330. The summed E-state index contributed by atoms with van der Waals surface area (Å²) in [6, 6.07) is 58.1. The molecular weight excluding hydrogens is 537 g/mol. The van der Waals surface area contributed by atoms with Crippen LogP contribution in [0.25, 0.3) is 86.9 Å². The normalized spacial score (nSPS) is 11.7. The van der Waals surface area contributed by atoms with E-state index in [0.29, 0.717) is 0 Å². The second-order valence-corrected chi connectivity index (χ2v) is 12.4. The highest BCUT2D eigenvalue weighted by atomic mass is 32.1. The zero-order chi connectivity index (χ0) is 28.3. The number of benzene rings is 7. The van der Waals surface area contributed by atoms with Crippen LogP contribution in [-0.4, -0.2) is 0 Å². The first-order valence-electron chi connectivity index (χ1n) is 14.8. The van der Waals surface area contributed by atoms with Crippen LogP contribution >= 0.6 is 11.3 Å². The molecule has 0 amide bonds. The van der Waals surface area contributed by atoms with Crippen molar-refractivity contribution in [3.63, 3.8) is 0 Å². The Morgan fingerprint density at radius 3 is 1.23 bits per heavy atom. The maximum absolute atomic E-state index is 2.39. The van der Waals surface area contributed by atoms with Crippen molar-refractivity contribution in [3.05, 3.63) is 158 Å². The number of thiophene rings is 1. The van der Waals surface area contributed by atoms with Crippen molar-refractivity contribution < 1.29 is 0 Å². The Kier molecular flexibility index (Phi) is 5.47. The minimum atomic E-state index is 1.22. The second kappa shape index (κ2) is 9.66. The third-order valence-corrected chi connectivity index (χ3v) is 10.0. The largest absolute Gasteiger partial charge is 0.135 e. The van der Waals surface area contributed by atoms with E-state index < -0.39 is 0 Å².